The molecule has 0 saturated heterocycles. The van der Waals surface area contributed by atoms with Gasteiger partial charge in [0.15, 0.2) is 12.0 Å². The van der Waals surface area contributed by atoms with Crippen molar-refractivity contribution in [3.63, 3.8) is 0 Å². The number of rotatable bonds is 3. The molecule has 6 heteroatoms. The Labute approximate surface area is 142 Å². The van der Waals surface area contributed by atoms with Crippen LogP contribution in [-0.4, -0.2) is 33.0 Å². The summed E-state index contributed by atoms with van der Waals surface area (Å²) in [6, 6.07) is 1.82. The highest BCUT2D eigenvalue weighted by Gasteiger charge is 2.37. The molecule has 3 rings (SSSR count). The second kappa shape index (κ2) is 6.11. The summed E-state index contributed by atoms with van der Waals surface area (Å²) in [5.41, 5.74) is 1.65. The number of carbonyl (C=O) groups excluding carboxylic acids is 1. The predicted molar refractivity (Wildman–Crippen MR) is 93.1 cm³/mol. The number of nitrogens with one attached hydrogen (secondary N) is 2. The maximum atomic E-state index is 12.8. The number of amides is 1. The fourth-order valence-electron chi connectivity index (χ4n) is 2.48. The van der Waals surface area contributed by atoms with E-state index in [-0.39, 0.29) is 17.4 Å². The molecule has 0 aliphatic carbocycles. The number of hydrogen-bond acceptors (Lipinski definition) is 5. The van der Waals surface area contributed by atoms with Crippen molar-refractivity contribution in [2.75, 3.05) is 0 Å². The lowest BCUT2D eigenvalue weighted by atomic mass is 9.88. The van der Waals surface area contributed by atoms with Crippen molar-refractivity contribution in [3.8, 4) is 0 Å². The maximum Gasteiger partial charge on any atom is 0.264 e. The van der Waals surface area contributed by atoms with Crippen LogP contribution in [0.1, 0.15) is 33.5 Å². The van der Waals surface area contributed by atoms with Crippen LogP contribution in [0.5, 0.6) is 0 Å². The van der Waals surface area contributed by atoms with Gasteiger partial charge in [-0.3, -0.25) is 4.79 Å². The lowest BCUT2D eigenvalue weighted by molar-refractivity contribution is -0.126. The Bertz CT molecular complexity index is 715. The summed E-state index contributed by atoms with van der Waals surface area (Å²) >= 11 is 0. The number of fused-ring (bicyclic) bond motifs is 1. The first-order chi connectivity index (χ1) is 11.4. The Kier molecular flexibility index (Phi) is 4.13. The molecule has 24 heavy (non-hydrogen) atoms. The molecule has 0 spiro atoms. The fourth-order valence-corrected chi connectivity index (χ4v) is 2.48. The molecule has 1 amide bonds. The van der Waals surface area contributed by atoms with Crippen molar-refractivity contribution in [3.05, 3.63) is 54.4 Å². The normalized spacial score (nSPS) is 20.7. The molecule has 2 atom stereocenters. The predicted octanol–water partition coefficient (Wildman–Crippen LogP) is 2.01. The van der Waals surface area contributed by atoms with E-state index < -0.39 is 6.17 Å². The summed E-state index contributed by atoms with van der Waals surface area (Å²) in [5.74, 6) is 0.512. The highest BCUT2D eigenvalue weighted by molar-refractivity contribution is 5.87. The first kappa shape index (κ1) is 16.2. The van der Waals surface area contributed by atoms with Crippen LogP contribution in [0.4, 0.5) is 0 Å². The first-order valence-electron chi connectivity index (χ1n) is 8.10. The van der Waals surface area contributed by atoms with Gasteiger partial charge in [-0.2, -0.15) is 0 Å². The van der Waals surface area contributed by atoms with Gasteiger partial charge in [0.05, 0.1) is 5.70 Å². The standard InChI is InChI=1S/C18H23N5O/c1-12(18(2,3)4)21-17(24)16-22-14(15-19-9-7-10-20-15)13-8-5-6-11-23(13)16/h5-12,16,22H,1-4H3,(H,21,24). The van der Waals surface area contributed by atoms with E-state index in [4.69, 9.17) is 0 Å². The second-order valence-corrected chi connectivity index (χ2v) is 7.08. The van der Waals surface area contributed by atoms with E-state index in [1.165, 1.54) is 0 Å². The van der Waals surface area contributed by atoms with Crippen LogP contribution in [0.15, 0.2) is 48.6 Å². The van der Waals surface area contributed by atoms with Crippen LogP contribution in [0.2, 0.25) is 0 Å². The van der Waals surface area contributed by atoms with Crippen molar-refractivity contribution in [1.82, 2.24) is 25.5 Å². The Morgan fingerprint density at radius 3 is 2.67 bits per heavy atom. The average Bonchev–Trinajstić information content (AvgIpc) is 2.94. The van der Waals surface area contributed by atoms with Crippen LogP contribution in [0, 0.1) is 5.41 Å². The minimum absolute atomic E-state index is 0.00641. The maximum absolute atomic E-state index is 12.8. The van der Waals surface area contributed by atoms with Gasteiger partial charge in [-0.1, -0.05) is 26.8 Å². The Morgan fingerprint density at radius 1 is 1.29 bits per heavy atom. The van der Waals surface area contributed by atoms with Gasteiger partial charge in [0.2, 0.25) is 0 Å². The topological polar surface area (TPSA) is 70.1 Å². The molecule has 3 heterocycles. The molecule has 6 nitrogen and oxygen atoms in total. The van der Waals surface area contributed by atoms with Gasteiger partial charge in [0.1, 0.15) is 5.70 Å². The zero-order valence-corrected chi connectivity index (χ0v) is 14.4. The SMILES string of the molecule is CC(NC(=O)C1NC(c2ncccn2)=C2C=CC=CN21)C(C)(C)C. The van der Waals surface area contributed by atoms with E-state index in [9.17, 15) is 4.79 Å². The van der Waals surface area contributed by atoms with Crippen molar-refractivity contribution in [1.29, 1.82) is 0 Å². The van der Waals surface area contributed by atoms with E-state index >= 15 is 0 Å². The van der Waals surface area contributed by atoms with Crippen LogP contribution in [0.25, 0.3) is 5.70 Å². The van der Waals surface area contributed by atoms with Gasteiger partial charge in [0.25, 0.3) is 5.91 Å². The third-order valence-corrected chi connectivity index (χ3v) is 4.40. The van der Waals surface area contributed by atoms with Crippen molar-refractivity contribution in [2.45, 2.75) is 39.9 Å². The molecular weight excluding hydrogens is 302 g/mol. The molecule has 1 aromatic rings. The summed E-state index contributed by atoms with van der Waals surface area (Å²) in [5, 5.41) is 6.37. The van der Waals surface area contributed by atoms with Gasteiger partial charge < -0.3 is 15.5 Å². The largest absolute Gasteiger partial charge is 0.352 e. The number of aromatic nitrogens is 2. The summed E-state index contributed by atoms with van der Waals surface area (Å²) in [6.45, 7) is 8.35. The van der Waals surface area contributed by atoms with Crippen LogP contribution in [0.3, 0.4) is 0 Å². The molecular formula is C18H23N5O. The molecule has 0 fully saturated rings. The summed E-state index contributed by atoms with van der Waals surface area (Å²) in [6.07, 6.45) is 10.6. The lowest BCUT2D eigenvalue weighted by Gasteiger charge is -2.31. The third kappa shape index (κ3) is 3.04. The smallest absolute Gasteiger partial charge is 0.264 e. The highest BCUT2D eigenvalue weighted by Crippen LogP contribution is 2.29. The monoisotopic (exact) mass is 325 g/mol. The van der Waals surface area contributed by atoms with Crippen molar-refractivity contribution < 1.29 is 4.79 Å². The molecule has 0 bridgehead atoms. The zero-order chi connectivity index (χ0) is 17.3. The molecule has 2 aliphatic heterocycles. The highest BCUT2D eigenvalue weighted by atomic mass is 16.2. The number of carbonyl (C=O) groups is 1. The average molecular weight is 325 g/mol. The minimum Gasteiger partial charge on any atom is -0.352 e. The first-order valence-corrected chi connectivity index (χ1v) is 8.10. The van der Waals surface area contributed by atoms with Crippen LogP contribution < -0.4 is 10.6 Å². The molecule has 1 aromatic heterocycles. The van der Waals surface area contributed by atoms with Gasteiger partial charge in [-0.05, 0) is 30.6 Å². The van der Waals surface area contributed by atoms with Gasteiger partial charge in [-0.25, -0.2) is 9.97 Å². The quantitative estimate of drug-likeness (QED) is 0.890. The van der Waals surface area contributed by atoms with E-state index in [2.05, 4.69) is 41.4 Å². The van der Waals surface area contributed by atoms with E-state index in [1.807, 2.05) is 36.3 Å². The van der Waals surface area contributed by atoms with Gasteiger partial charge in [0, 0.05) is 24.6 Å². The minimum atomic E-state index is -0.509. The molecule has 126 valence electrons. The molecule has 0 saturated carbocycles. The molecule has 2 aliphatic rings. The van der Waals surface area contributed by atoms with Crippen molar-refractivity contribution in [2.24, 2.45) is 5.41 Å². The van der Waals surface area contributed by atoms with Crippen LogP contribution in [-0.2, 0) is 4.79 Å². The molecule has 0 radical (unpaired) electrons. The summed E-state index contributed by atoms with van der Waals surface area (Å²) < 4.78 is 0. The zero-order valence-electron chi connectivity index (χ0n) is 14.4. The molecule has 2 N–H and O–H groups in total. The number of hydrogen-bond donors (Lipinski definition) is 2. The van der Waals surface area contributed by atoms with Crippen LogP contribution >= 0.6 is 0 Å². The fraction of sp³-hybridized carbons (Fsp3) is 0.389. The van der Waals surface area contributed by atoms with E-state index in [0.717, 1.165) is 11.4 Å². The van der Waals surface area contributed by atoms with E-state index in [1.54, 1.807) is 18.5 Å². The lowest BCUT2D eigenvalue weighted by Crippen LogP contribution is -2.52. The molecule has 2 unspecified atom stereocenters. The number of nitrogens with zero attached hydrogens (tertiary/aromatic N) is 3. The Morgan fingerprint density at radius 2 is 2.00 bits per heavy atom. The van der Waals surface area contributed by atoms with Gasteiger partial charge in [-0.15, -0.1) is 0 Å². The number of allylic oxidation sites excluding steroid dienone is 3. The van der Waals surface area contributed by atoms with Crippen molar-refractivity contribution >= 4 is 11.6 Å². The second-order valence-electron chi connectivity index (χ2n) is 7.08. The third-order valence-electron chi connectivity index (χ3n) is 4.40. The molecule has 0 aromatic carbocycles. The Balaban J connectivity index is 1.85. The summed E-state index contributed by atoms with van der Waals surface area (Å²) in [7, 11) is 0. The Hall–Kier alpha value is -2.63. The summed E-state index contributed by atoms with van der Waals surface area (Å²) in [4.78, 5) is 23.3. The van der Waals surface area contributed by atoms with Gasteiger partial charge >= 0.3 is 0 Å². The van der Waals surface area contributed by atoms with E-state index in [0.29, 0.717) is 5.82 Å².